The number of phenols is 2. The largest absolute Gasteiger partial charge is 0.504 e. The van der Waals surface area contributed by atoms with Crippen molar-refractivity contribution in [3.8, 4) is 11.5 Å². The summed E-state index contributed by atoms with van der Waals surface area (Å²) in [5, 5.41) is 21.7. The van der Waals surface area contributed by atoms with Crippen LogP contribution in [-0.4, -0.2) is 28.1 Å². The number of aromatic hydroxyl groups is 2. The van der Waals surface area contributed by atoms with Crippen LogP contribution in [0.25, 0.3) is 0 Å². The second-order valence-electron chi connectivity index (χ2n) is 7.40. The van der Waals surface area contributed by atoms with E-state index in [-0.39, 0.29) is 11.5 Å². The number of carbonyl (C=O) groups is 2. The lowest BCUT2D eigenvalue weighted by atomic mass is 9.90. The fourth-order valence-electron chi connectivity index (χ4n) is 4.15. The summed E-state index contributed by atoms with van der Waals surface area (Å²) >= 11 is 6.06. The maximum absolute atomic E-state index is 13.5. The highest BCUT2D eigenvalue weighted by atomic mass is 35.5. The summed E-state index contributed by atoms with van der Waals surface area (Å²) in [6.45, 7) is 0. The molecule has 31 heavy (non-hydrogen) atoms. The van der Waals surface area contributed by atoms with Crippen LogP contribution in [0.5, 0.6) is 11.5 Å². The van der Waals surface area contributed by atoms with Gasteiger partial charge in [0.1, 0.15) is 5.92 Å². The quantitative estimate of drug-likeness (QED) is 0.479. The Morgan fingerprint density at radius 3 is 2.26 bits per heavy atom. The first-order chi connectivity index (χ1) is 15.0. The van der Waals surface area contributed by atoms with Crippen LogP contribution >= 0.6 is 11.6 Å². The molecule has 0 saturated carbocycles. The molecule has 3 aromatic carbocycles. The van der Waals surface area contributed by atoms with Crippen molar-refractivity contribution in [3.05, 3.63) is 83.4 Å². The molecule has 2 aliphatic rings. The van der Waals surface area contributed by atoms with E-state index >= 15 is 0 Å². The normalized spacial score (nSPS) is 22.8. The highest BCUT2D eigenvalue weighted by Crippen LogP contribution is 2.48. The van der Waals surface area contributed by atoms with Crippen LogP contribution in [0.2, 0.25) is 5.02 Å². The van der Waals surface area contributed by atoms with Crippen LogP contribution in [0.15, 0.2) is 72.8 Å². The van der Waals surface area contributed by atoms with Gasteiger partial charge in [-0.2, -0.15) is 0 Å². The first-order valence-corrected chi connectivity index (χ1v) is 10.00. The standard InChI is InChI=1S/C23H17ClN2O5/c24-14-5-4-8-16(12-14)25-22(29)19-20(13-9-10-17(27)18(28)11-13)26(31-21(19)23(25)30)15-6-2-1-3-7-15/h1-12,19-21,27-28H/t19-,20+,21-/m0/s1. The van der Waals surface area contributed by atoms with Crippen LogP contribution in [0.4, 0.5) is 11.4 Å². The van der Waals surface area contributed by atoms with Crippen LogP contribution in [0.1, 0.15) is 11.6 Å². The minimum atomic E-state index is -1.03. The second kappa shape index (κ2) is 7.30. The summed E-state index contributed by atoms with van der Waals surface area (Å²) < 4.78 is 0. The number of benzene rings is 3. The fourth-order valence-corrected chi connectivity index (χ4v) is 4.33. The van der Waals surface area contributed by atoms with Gasteiger partial charge in [0.25, 0.3) is 5.91 Å². The number of halogens is 1. The number of rotatable bonds is 3. The molecule has 0 unspecified atom stereocenters. The number of phenolic OH excluding ortho intramolecular Hbond substituents is 2. The van der Waals surface area contributed by atoms with Gasteiger partial charge in [0, 0.05) is 5.02 Å². The van der Waals surface area contributed by atoms with Crippen molar-refractivity contribution < 1.29 is 24.6 Å². The van der Waals surface area contributed by atoms with Gasteiger partial charge in [-0.25, -0.2) is 9.96 Å². The van der Waals surface area contributed by atoms with E-state index in [2.05, 4.69) is 0 Å². The maximum Gasteiger partial charge on any atom is 0.266 e. The number of amides is 2. The van der Waals surface area contributed by atoms with E-state index in [1.54, 1.807) is 42.5 Å². The number of hydroxylamine groups is 1. The van der Waals surface area contributed by atoms with E-state index in [1.165, 1.54) is 17.2 Å². The number of carbonyl (C=O) groups excluding carboxylic acids is 2. The fraction of sp³-hybridized carbons (Fsp3) is 0.130. The summed E-state index contributed by atoms with van der Waals surface area (Å²) in [4.78, 5) is 33.8. The van der Waals surface area contributed by atoms with Gasteiger partial charge in [0.15, 0.2) is 17.6 Å². The Hall–Kier alpha value is -3.55. The zero-order valence-electron chi connectivity index (χ0n) is 16.1. The zero-order chi connectivity index (χ0) is 21.7. The number of fused-ring (bicyclic) bond motifs is 1. The molecular formula is C23H17ClN2O5. The molecule has 2 heterocycles. The SMILES string of the molecule is O=C1[C@@H]2[C@H](ON(c3ccccc3)[C@@H]2c2ccc(O)c(O)c2)C(=O)N1c1cccc(Cl)c1. The maximum atomic E-state index is 13.5. The van der Waals surface area contributed by atoms with E-state index in [0.29, 0.717) is 22.0 Å². The Labute approximate surface area is 182 Å². The number of hydrogen-bond donors (Lipinski definition) is 2. The van der Waals surface area contributed by atoms with Gasteiger partial charge < -0.3 is 10.2 Å². The second-order valence-corrected chi connectivity index (χ2v) is 7.83. The van der Waals surface area contributed by atoms with Gasteiger partial charge >= 0.3 is 0 Å². The lowest BCUT2D eigenvalue weighted by Gasteiger charge is -2.28. The lowest BCUT2D eigenvalue weighted by molar-refractivity contribution is -0.126. The molecule has 0 aromatic heterocycles. The van der Waals surface area contributed by atoms with E-state index in [9.17, 15) is 19.8 Å². The molecule has 2 aliphatic heterocycles. The van der Waals surface area contributed by atoms with Crippen molar-refractivity contribution in [2.45, 2.75) is 12.1 Å². The van der Waals surface area contributed by atoms with Crippen molar-refractivity contribution in [1.29, 1.82) is 0 Å². The van der Waals surface area contributed by atoms with Crippen LogP contribution in [-0.2, 0) is 14.4 Å². The number of hydrogen-bond acceptors (Lipinski definition) is 6. The molecule has 2 amide bonds. The molecule has 3 aromatic rings. The van der Waals surface area contributed by atoms with Crippen molar-refractivity contribution in [2.75, 3.05) is 9.96 Å². The monoisotopic (exact) mass is 436 g/mol. The summed E-state index contributed by atoms with van der Waals surface area (Å²) in [5.41, 5.74) is 1.56. The molecule has 0 spiro atoms. The molecule has 0 bridgehead atoms. The third-order valence-corrected chi connectivity index (χ3v) is 5.77. The molecule has 7 nitrogen and oxygen atoms in total. The highest BCUT2D eigenvalue weighted by Gasteiger charge is 2.60. The predicted molar refractivity (Wildman–Crippen MR) is 114 cm³/mol. The van der Waals surface area contributed by atoms with E-state index in [0.717, 1.165) is 4.90 Å². The Bertz CT molecular complexity index is 1190. The average molecular weight is 437 g/mol. The van der Waals surface area contributed by atoms with E-state index in [4.69, 9.17) is 16.4 Å². The van der Waals surface area contributed by atoms with Crippen molar-refractivity contribution >= 4 is 34.8 Å². The summed E-state index contributed by atoms with van der Waals surface area (Å²) in [5.74, 6) is -2.36. The topological polar surface area (TPSA) is 90.3 Å². The van der Waals surface area contributed by atoms with Gasteiger partial charge in [-0.15, -0.1) is 0 Å². The Morgan fingerprint density at radius 2 is 1.55 bits per heavy atom. The molecule has 2 saturated heterocycles. The minimum Gasteiger partial charge on any atom is -0.504 e. The van der Waals surface area contributed by atoms with Gasteiger partial charge in [-0.1, -0.05) is 41.9 Å². The molecule has 5 rings (SSSR count). The van der Waals surface area contributed by atoms with Crippen LogP contribution in [0.3, 0.4) is 0 Å². The smallest absolute Gasteiger partial charge is 0.266 e. The summed E-state index contributed by atoms with van der Waals surface area (Å²) in [7, 11) is 0. The van der Waals surface area contributed by atoms with E-state index < -0.39 is 29.9 Å². The van der Waals surface area contributed by atoms with Crippen molar-refractivity contribution in [3.63, 3.8) is 0 Å². The molecule has 0 radical (unpaired) electrons. The van der Waals surface area contributed by atoms with Crippen molar-refractivity contribution in [2.24, 2.45) is 5.92 Å². The molecule has 0 aliphatic carbocycles. The third-order valence-electron chi connectivity index (χ3n) is 5.53. The Kier molecular flexibility index (Phi) is 4.57. The molecule has 2 fully saturated rings. The van der Waals surface area contributed by atoms with Gasteiger partial charge in [-0.05, 0) is 48.0 Å². The lowest BCUT2D eigenvalue weighted by Crippen LogP contribution is -2.37. The van der Waals surface area contributed by atoms with Gasteiger partial charge in [-0.3, -0.25) is 14.4 Å². The summed E-state index contributed by atoms with van der Waals surface area (Å²) in [6.07, 6.45) is -1.03. The number of para-hydroxylation sites is 1. The van der Waals surface area contributed by atoms with Crippen LogP contribution < -0.4 is 9.96 Å². The molecule has 3 atom stereocenters. The minimum absolute atomic E-state index is 0.278. The third kappa shape index (κ3) is 3.10. The predicted octanol–water partition coefficient (Wildman–Crippen LogP) is 3.80. The van der Waals surface area contributed by atoms with Gasteiger partial charge in [0.2, 0.25) is 5.91 Å². The Balaban J connectivity index is 1.61. The first-order valence-electron chi connectivity index (χ1n) is 9.62. The molecule has 8 heteroatoms. The molecule has 156 valence electrons. The van der Waals surface area contributed by atoms with E-state index in [1.807, 2.05) is 18.2 Å². The summed E-state index contributed by atoms with van der Waals surface area (Å²) in [6, 6.07) is 19.2. The average Bonchev–Trinajstić information content (AvgIpc) is 3.27. The number of anilines is 2. The highest BCUT2D eigenvalue weighted by molar-refractivity contribution is 6.31. The Morgan fingerprint density at radius 1 is 0.806 bits per heavy atom. The number of imide groups is 1. The molecular weight excluding hydrogens is 420 g/mol. The van der Waals surface area contributed by atoms with Crippen LogP contribution in [0, 0.1) is 5.92 Å². The van der Waals surface area contributed by atoms with Crippen molar-refractivity contribution in [1.82, 2.24) is 0 Å². The molecule has 2 N–H and O–H groups in total. The zero-order valence-corrected chi connectivity index (χ0v) is 16.8. The van der Waals surface area contributed by atoms with Gasteiger partial charge in [0.05, 0.1) is 17.4 Å². The first kappa shape index (κ1) is 19.4. The number of nitrogens with zero attached hydrogens (tertiary/aromatic N) is 2.